The zero-order valence-corrected chi connectivity index (χ0v) is 11.6. The van der Waals surface area contributed by atoms with Crippen molar-refractivity contribution in [3.63, 3.8) is 0 Å². The minimum atomic E-state index is -3.43. The average molecular weight is 275 g/mol. The van der Waals surface area contributed by atoms with E-state index in [1.807, 2.05) is 0 Å². The molecule has 1 aromatic rings. The van der Waals surface area contributed by atoms with Crippen LogP contribution in [0.5, 0.6) is 0 Å². The number of carbonyl (C=O) groups excluding carboxylic acids is 1. The van der Waals surface area contributed by atoms with Crippen LogP contribution in [0, 0.1) is 0 Å². The maximum absolute atomic E-state index is 12.0. The minimum Gasteiger partial charge on any atom is -0.298 e. The fourth-order valence-corrected chi connectivity index (χ4v) is 1.92. The topological polar surface area (TPSA) is 51.2 Å². The van der Waals surface area contributed by atoms with Crippen molar-refractivity contribution in [3.05, 3.63) is 34.9 Å². The molecule has 1 rings (SSSR count). The Morgan fingerprint density at radius 3 is 2.29 bits per heavy atom. The van der Waals surface area contributed by atoms with E-state index >= 15 is 0 Å². The first-order valence-electron chi connectivity index (χ1n) is 5.12. The van der Waals surface area contributed by atoms with Crippen molar-refractivity contribution >= 4 is 27.2 Å². The second kappa shape index (κ2) is 4.78. The highest BCUT2D eigenvalue weighted by molar-refractivity contribution is 7.92. The molecular formula is C12H15ClO3S. The van der Waals surface area contributed by atoms with Crippen molar-refractivity contribution in [1.29, 1.82) is 0 Å². The molecule has 0 unspecified atom stereocenters. The van der Waals surface area contributed by atoms with Crippen molar-refractivity contribution in [2.45, 2.75) is 25.0 Å². The van der Waals surface area contributed by atoms with Crippen LogP contribution in [-0.2, 0) is 21.1 Å². The van der Waals surface area contributed by atoms with Gasteiger partial charge in [0.25, 0.3) is 0 Å². The standard InChI is InChI=1S/C12H15ClO3S/c1-12(2,17(3,15)16)11(14)8-9-6-4-5-7-10(9)13/h4-7H,8H2,1-3H3. The Balaban J connectivity index is 2.99. The van der Waals surface area contributed by atoms with Gasteiger partial charge in [-0.25, -0.2) is 8.42 Å². The molecule has 0 saturated carbocycles. The first kappa shape index (κ1) is 14.2. The van der Waals surface area contributed by atoms with Crippen LogP contribution in [0.2, 0.25) is 5.02 Å². The molecule has 0 aliphatic rings. The van der Waals surface area contributed by atoms with E-state index in [4.69, 9.17) is 11.6 Å². The Bertz CT molecular complexity index is 532. The number of ketones is 1. The van der Waals surface area contributed by atoms with E-state index in [1.54, 1.807) is 24.3 Å². The van der Waals surface area contributed by atoms with E-state index < -0.39 is 14.6 Å². The summed E-state index contributed by atoms with van der Waals surface area (Å²) in [5.74, 6) is -0.354. The monoisotopic (exact) mass is 274 g/mol. The lowest BCUT2D eigenvalue weighted by atomic mass is 10.0. The molecule has 3 nitrogen and oxygen atoms in total. The number of halogens is 1. The maximum atomic E-state index is 12.0. The highest BCUT2D eigenvalue weighted by Crippen LogP contribution is 2.22. The van der Waals surface area contributed by atoms with Gasteiger partial charge in [-0.2, -0.15) is 0 Å². The Labute approximate surface area is 107 Å². The highest BCUT2D eigenvalue weighted by atomic mass is 35.5. The SMILES string of the molecule is CC(C)(C(=O)Cc1ccccc1Cl)S(C)(=O)=O. The van der Waals surface area contributed by atoms with E-state index in [2.05, 4.69) is 0 Å². The number of hydrogen-bond donors (Lipinski definition) is 0. The predicted molar refractivity (Wildman–Crippen MR) is 69.1 cm³/mol. The number of carbonyl (C=O) groups is 1. The zero-order chi connectivity index (χ0) is 13.3. The third kappa shape index (κ3) is 3.07. The summed E-state index contributed by atoms with van der Waals surface area (Å²) < 4.78 is 21.6. The van der Waals surface area contributed by atoms with Gasteiger partial charge >= 0.3 is 0 Å². The van der Waals surface area contributed by atoms with Gasteiger partial charge in [0.05, 0.1) is 0 Å². The van der Waals surface area contributed by atoms with Gasteiger partial charge in [-0.05, 0) is 25.5 Å². The van der Waals surface area contributed by atoms with Crippen LogP contribution in [0.1, 0.15) is 19.4 Å². The van der Waals surface area contributed by atoms with Crippen LogP contribution in [0.25, 0.3) is 0 Å². The summed E-state index contributed by atoms with van der Waals surface area (Å²) in [5, 5.41) is 0.477. The van der Waals surface area contributed by atoms with Crippen LogP contribution in [0.15, 0.2) is 24.3 Å². The van der Waals surface area contributed by atoms with E-state index in [0.717, 1.165) is 6.26 Å². The Hall–Kier alpha value is -0.870. The van der Waals surface area contributed by atoms with Gasteiger partial charge < -0.3 is 0 Å². The molecule has 0 saturated heterocycles. The molecule has 0 spiro atoms. The fraction of sp³-hybridized carbons (Fsp3) is 0.417. The van der Waals surface area contributed by atoms with Crippen molar-refractivity contribution in [2.24, 2.45) is 0 Å². The van der Waals surface area contributed by atoms with Gasteiger partial charge in [0.1, 0.15) is 4.75 Å². The van der Waals surface area contributed by atoms with Crippen molar-refractivity contribution in [3.8, 4) is 0 Å². The largest absolute Gasteiger partial charge is 0.298 e. The smallest absolute Gasteiger partial charge is 0.159 e. The summed E-state index contributed by atoms with van der Waals surface area (Å²) in [6.45, 7) is 2.84. The third-order valence-corrected chi connectivity index (χ3v) is 5.36. The Kier molecular flexibility index (Phi) is 3.99. The number of hydrogen-bond acceptors (Lipinski definition) is 3. The van der Waals surface area contributed by atoms with Crippen molar-refractivity contribution < 1.29 is 13.2 Å². The molecule has 17 heavy (non-hydrogen) atoms. The highest BCUT2D eigenvalue weighted by Gasteiger charge is 2.37. The lowest BCUT2D eigenvalue weighted by Crippen LogP contribution is -2.40. The van der Waals surface area contributed by atoms with E-state index in [0.29, 0.717) is 10.6 Å². The lowest BCUT2D eigenvalue weighted by molar-refractivity contribution is -0.120. The molecule has 1 aromatic carbocycles. The molecule has 5 heteroatoms. The molecule has 0 aliphatic carbocycles. The van der Waals surface area contributed by atoms with Gasteiger partial charge in [-0.3, -0.25) is 4.79 Å². The second-order valence-electron chi connectivity index (χ2n) is 4.47. The quantitative estimate of drug-likeness (QED) is 0.846. The molecule has 0 aliphatic heterocycles. The Morgan fingerprint density at radius 1 is 1.29 bits per heavy atom. The molecule has 0 amide bonds. The van der Waals surface area contributed by atoms with Gasteiger partial charge in [0, 0.05) is 17.7 Å². The first-order chi connectivity index (χ1) is 7.66. The summed E-state index contributed by atoms with van der Waals surface area (Å²) in [4.78, 5) is 12.0. The van der Waals surface area contributed by atoms with Gasteiger partial charge in [0.15, 0.2) is 15.6 Å². The molecule has 0 aromatic heterocycles. The summed E-state index contributed by atoms with van der Waals surface area (Å²) in [5.41, 5.74) is 0.649. The summed E-state index contributed by atoms with van der Waals surface area (Å²) in [6.07, 6.45) is 1.09. The van der Waals surface area contributed by atoms with Crippen LogP contribution >= 0.6 is 11.6 Å². The summed E-state index contributed by atoms with van der Waals surface area (Å²) in [6, 6.07) is 6.93. The summed E-state index contributed by atoms with van der Waals surface area (Å²) in [7, 11) is -3.43. The first-order valence-corrected chi connectivity index (χ1v) is 7.39. The van der Waals surface area contributed by atoms with Gasteiger partial charge in [-0.15, -0.1) is 0 Å². The number of sulfone groups is 1. The van der Waals surface area contributed by atoms with Gasteiger partial charge in [0.2, 0.25) is 0 Å². The van der Waals surface area contributed by atoms with E-state index in [-0.39, 0.29) is 12.2 Å². The molecular weight excluding hydrogens is 260 g/mol. The Morgan fingerprint density at radius 2 is 1.82 bits per heavy atom. The third-order valence-electron chi connectivity index (χ3n) is 2.91. The van der Waals surface area contributed by atoms with Crippen LogP contribution < -0.4 is 0 Å². The van der Waals surface area contributed by atoms with Crippen molar-refractivity contribution in [1.82, 2.24) is 0 Å². The molecule has 0 N–H and O–H groups in total. The number of Topliss-reactive ketones (excluding diaryl/α,β-unsaturated/α-hetero) is 1. The number of benzene rings is 1. The normalized spacial score (nSPS) is 12.5. The molecule has 0 heterocycles. The predicted octanol–water partition coefficient (Wildman–Crippen LogP) is 2.27. The average Bonchev–Trinajstić information content (AvgIpc) is 2.19. The number of rotatable bonds is 4. The molecule has 0 atom stereocenters. The van der Waals surface area contributed by atoms with Gasteiger partial charge in [-0.1, -0.05) is 29.8 Å². The lowest BCUT2D eigenvalue weighted by Gasteiger charge is -2.21. The van der Waals surface area contributed by atoms with E-state index in [1.165, 1.54) is 13.8 Å². The molecule has 0 bridgehead atoms. The fourth-order valence-electron chi connectivity index (χ4n) is 1.23. The molecule has 94 valence electrons. The molecule has 0 fully saturated rings. The van der Waals surface area contributed by atoms with Crippen LogP contribution in [0.3, 0.4) is 0 Å². The van der Waals surface area contributed by atoms with Crippen LogP contribution in [0.4, 0.5) is 0 Å². The second-order valence-corrected chi connectivity index (χ2v) is 7.45. The van der Waals surface area contributed by atoms with Crippen LogP contribution in [-0.4, -0.2) is 25.2 Å². The zero-order valence-electron chi connectivity index (χ0n) is 10.0. The minimum absolute atomic E-state index is 0.0275. The maximum Gasteiger partial charge on any atom is 0.159 e. The van der Waals surface area contributed by atoms with Crippen molar-refractivity contribution in [2.75, 3.05) is 6.26 Å². The molecule has 0 radical (unpaired) electrons. The van der Waals surface area contributed by atoms with E-state index in [9.17, 15) is 13.2 Å². The summed E-state index contributed by atoms with van der Waals surface area (Å²) >= 11 is 5.93.